The van der Waals surface area contributed by atoms with E-state index in [0.717, 1.165) is 11.3 Å². The van der Waals surface area contributed by atoms with Gasteiger partial charge in [-0.2, -0.15) is 5.26 Å². The molecule has 0 aliphatic heterocycles. The first-order valence-corrected chi connectivity index (χ1v) is 6.78. The number of anilines is 2. The van der Waals surface area contributed by atoms with Gasteiger partial charge in [0.25, 0.3) is 0 Å². The van der Waals surface area contributed by atoms with Gasteiger partial charge in [-0.15, -0.1) is 0 Å². The Morgan fingerprint density at radius 3 is 2.73 bits per heavy atom. The van der Waals surface area contributed by atoms with Crippen LogP contribution in [0, 0.1) is 17.2 Å². The number of aromatic nitrogens is 2. The van der Waals surface area contributed by atoms with Crippen molar-refractivity contribution in [3.8, 4) is 6.07 Å². The number of hydrogen-bond acceptors (Lipinski definition) is 6. The summed E-state index contributed by atoms with van der Waals surface area (Å²) in [6, 6.07) is 11.2. The lowest BCUT2D eigenvalue weighted by Crippen LogP contribution is -2.15. The Labute approximate surface area is 128 Å². The van der Waals surface area contributed by atoms with Crippen LogP contribution in [-0.2, 0) is 16.0 Å². The average Bonchev–Trinajstić information content (AvgIpc) is 2.56. The van der Waals surface area contributed by atoms with Crippen LogP contribution in [0.3, 0.4) is 0 Å². The normalized spacial score (nSPS) is 11.3. The highest BCUT2D eigenvalue weighted by Gasteiger charge is 2.13. The highest BCUT2D eigenvalue weighted by atomic mass is 16.5. The monoisotopic (exact) mass is 296 g/mol. The highest BCUT2D eigenvalue weighted by molar-refractivity contribution is 5.72. The molecule has 0 saturated carbocycles. The molecule has 1 N–H and O–H groups in total. The third-order valence-electron chi connectivity index (χ3n) is 3.15. The standard InChI is InChI=1S/C16H16N4O2/c1-11(16(21)22-2)7-12-3-5-13(6-4-12)20-15-8-14(9-17)18-10-19-15/h3-6,8,10-11H,7H2,1-2H3,(H,18,19,20). The van der Waals surface area contributed by atoms with Crippen LogP contribution < -0.4 is 5.32 Å². The molecule has 0 amide bonds. The fraction of sp³-hybridized carbons (Fsp3) is 0.250. The predicted octanol–water partition coefficient (Wildman–Crippen LogP) is 2.44. The van der Waals surface area contributed by atoms with Crippen LogP contribution in [0.5, 0.6) is 0 Å². The van der Waals surface area contributed by atoms with Crippen molar-refractivity contribution in [1.29, 1.82) is 5.26 Å². The van der Waals surface area contributed by atoms with Gasteiger partial charge in [0.2, 0.25) is 0 Å². The van der Waals surface area contributed by atoms with Gasteiger partial charge in [0.15, 0.2) is 0 Å². The molecule has 1 atom stereocenters. The van der Waals surface area contributed by atoms with Crippen molar-refractivity contribution in [3.63, 3.8) is 0 Å². The summed E-state index contributed by atoms with van der Waals surface area (Å²) in [4.78, 5) is 19.3. The maximum absolute atomic E-state index is 11.4. The molecule has 1 aromatic carbocycles. The van der Waals surface area contributed by atoms with Crippen LogP contribution in [0.25, 0.3) is 0 Å². The number of carbonyl (C=O) groups is 1. The maximum atomic E-state index is 11.4. The van der Waals surface area contributed by atoms with Gasteiger partial charge >= 0.3 is 5.97 Å². The number of rotatable bonds is 5. The van der Waals surface area contributed by atoms with Gasteiger partial charge in [0, 0.05) is 11.8 Å². The van der Waals surface area contributed by atoms with Crippen molar-refractivity contribution in [2.45, 2.75) is 13.3 Å². The molecule has 22 heavy (non-hydrogen) atoms. The van der Waals surface area contributed by atoms with Gasteiger partial charge in [-0.25, -0.2) is 9.97 Å². The number of ether oxygens (including phenoxy) is 1. The quantitative estimate of drug-likeness (QED) is 0.853. The van der Waals surface area contributed by atoms with E-state index in [1.54, 1.807) is 6.07 Å². The van der Waals surface area contributed by atoms with E-state index in [0.29, 0.717) is 17.9 Å². The molecule has 2 rings (SSSR count). The van der Waals surface area contributed by atoms with Crippen molar-refractivity contribution in [2.75, 3.05) is 12.4 Å². The Kier molecular flexibility index (Phi) is 5.04. The Bertz CT molecular complexity index is 692. The first kappa shape index (κ1) is 15.4. The number of nitrogens with zero attached hydrogens (tertiary/aromatic N) is 3. The smallest absolute Gasteiger partial charge is 0.308 e. The lowest BCUT2D eigenvalue weighted by atomic mass is 10.0. The van der Waals surface area contributed by atoms with Gasteiger partial charge in [-0.3, -0.25) is 4.79 Å². The molecule has 112 valence electrons. The fourth-order valence-electron chi connectivity index (χ4n) is 2.00. The highest BCUT2D eigenvalue weighted by Crippen LogP contribution is 2.17. The van der Waals surface area contributed by atoms with Crippen LogP contribution in [-0.4, -0.2) is 23.0 Å². The summed E-state index contributed by atoms with van der Waals surface area (Å²) < 4.78 is 4.72. The molecular weight excluding hydrogens is 280 g/mol. The van der Waals surface area contributed by atoms with E-state index < -0.39 is 0 Å². The second-order valence-corrected chi connectivity index (χ2v) is 4.85. The maximum Gasteiger partial charge on any atom is 0.308 e. The second-order valence-electron chi connectivity index (χ2n) is 4.85. The molecule has 0 radical (unpaired) electrons. The summed E-state index contributed by atoms with van der Waals surface area (Å²) in [5.74, 6) is 0.165. The molecule has 1 aromatic heterocycles. The first-order chi connectivity index (χ1) is 10.6. The third kappa shape index (κ3) is 4.03. The zero-order chi connectivity index (χ0) is 15.9. The lowest BCUT2D eigenvalue weighted by Gasteiger charge is -2.10. The molecule has 6 nitrogen and oxygen atoms in total. The molecule has 0 saturated heterocycles. The van der Waals surface area contributed by atoms with Crippen molar-refractivity contribution < 1.29 is 9.53 Å². The Hall–Kier alpha value is -2.94. The zero-order valence-electron chi connectivity index (χ0n) is 12.4. The number of nitriles is 1. The molecule has 1 unspecified atom stereocenters. The van der Waals surface area contributed by atoms with Gasteiger partial charge < -0.3 is 10.1 Å². The molecule has 1 heterocycles. The molecular formula is C16H16N4O2. The number of methoxy groups -OCH3 is 1. The van der Waals surface area contributed by atoms with Crippen LogP contribution in [0.2, 0.25) is 0 Å². The summed E-state index contributed by atoms with van der Waals surface area (Å²) in [7, 11) is 1.39. The molecule has 0 spiro atoms. The van der Waals surface area contributed by atoms with Gasteiger partial charge in [0.05, 0.1) is 13.0 Å². The number of nitrogens with one attached hydrogen (secondary N) is 1. The van der Waals surface area contributed by atoms with E-state index in [-0.39, 0.29) is 11.9 Å². The number of hydrogen-bond donors (Lipinski definition) is 1. The molecule has 2 aromatic rings. The summed E-state index contributed by atoms with van der Waals surface area (Å²) in [5.41, 5.74) is 2.20. The van der Waals surface area contributed by atoms with E-state index in [1.807, 2.05) is 37.3 Å². The minimum Gasteiger partial charge on any atom is -0.469 e. The van der Waals surface area contributed by atoms with Crippen LogP contribution in [0.1, 0.15) is 18.2 Å². The van der Waals surface area contributed by atoms with Crippen LogP contribution in [0.15, 0.2) is 36.7 Å². The lowest BCUT2D eigenvalue weighted by molar-refractivity contribution is -0.144. The van der Waals surface area contributed by atoms with Crippen molar-refractivity contribution in [2.24, 2.45) is 5.92 Å². The first-order valence-electron chi connectivity index (χ1n) is 6.78. The van der Waals surface area contributed by atoms with Crippen LogP contribution >= 0.6 is 0 Å². The van der Waals surface area contributed by atoms with E-state index in [2.05, 4.69) is 15.3 Å². The summed E-state index contributed by atoms with van der Waals surface area (Å²) >= 11 is 0. The molecule has 0 fully saturated rings. The largest absolute Gasteiger partial charge is 0.469 e. The molecule has 0 aliphatic carbocycles. The van der Waals surface area contributed by atoms with E-state index >= 15 is 0 Å². The Morgan fingerprint density at radius 1 is 1.36 bits per heavy atom. The number of carbonyl (C=O) groups excluding carboxylic acids is 1. The summed E-state index contributed by atoms with van der Waals surface area (Å²) in [5, 5.41) is 11.9. The van der Waals surface area contributed by atoms with Crippen molar-refractivity contribution in [3.05, 3.63) is 47.9 Å². The number of benzene rings is 1. The van der Waals surface area contributed by atoms with Crippen molar-refractivity contribution >= 4 is 17.5 Å². The molecule has 0 bridgehead atoms. The summed E-state index contributed by atoms with van der Waals surface area (Å²) in [6.45, 7) is 1.84. The summed E-state index contributed by atoms with van der Waals surface area (Å²) in [6.07, 6.45) is 1.96. The minimum atomic E-state index is -0.216. The SMILES string of the molecule is COC(=O)C(C)Cc1ccc(Nc2cc(C#N)ncn2)cc1. The second kappa shape index (κ2) is 7.18. The van der Waals surface area contributed by atoms with E-state index in [9.17, 15) is 4.79 Å². The molecule has 0 aliphatic rings. The van der Waals surface area contributed by atoms with Gasteiger partial charge in [0.1, 0.15) is 23.9 Å². The van der Waals surface area contributed by atoms with E-state index in [4.69, 9.17) is 10.00 Å². The van der Waals surface area contributed by atoms with Gasteiger partial charge in [-0.05, 0) is 24.1 Å². The zero-order valence-corrected chi connectivity index (χ0v) is 12.4. The van der Waals surface area contributed by atoms with E-state index in [1.165, 1.54) is 13.4 Å². The Balaban J connectivity index is 2.03. The molecule has 6 heteroatoms. The van der Waals surface area contributed by atoms with Gasteiger partial charge in [-0.1, -0.05) is 19.1 Å². The van der Waals surface area contributed by atoms with Crippen molar-refractivity contribution in [1.82, 2.24) is 9.97 Å². The fourth-order valence-corrected chi connectivity index (χ4v) is 2.00. The third-order valence-corrected chi connectivity index (χ3v) is 3.15. The number of esters is 1. The van der Waals surface area contributed by atoms with Crippen LogP contribution in [0.4, 0.5) is 11.5 Å². The Morgan fingerprint density at radius 2 is 2.09 bits per heavy atom. The topological polar surface area (TPSA) is 87.9 Å². The predicted molar refractivity (Wildman–Crippen MR) is 81.4 cm³/mol. The average molecular weight is 296 g/mol. The minimum absolute atomic E-state index is 0.177.